The molecule has 3 heterocycles. The number of carbonyl (C=O) groups is 1. The molecular weight excluding hydrogens is 481 g/mol. The number of likely N-dealkylation sites (tertiary alicyclic amines) is 1. The summed E-state index contributed by atoms with van der Waals surface area (Å²) < 4.78 is 17.3. The number of imidazole rings is 1. The molecule has 3 N–H and O–H groups in total. The molecule has 38 heavy (non-hydrogen) atoms. The van der Waals surface area contributed by atoms with E-state index in [2.05, 4.69) is 14.9 Å². The molecule has 2 atom stereocenters. The number of halogens is 1. The molecule has 1 fully saturated rings. The molecule has 192 valence electrons. The van der Waals surface area contributed by atoms with E-state index in [9.17, 15) is 9.90 Å². The Balaban J connectivity index is 1.30. The fraction of sp³-hybridized carbons (Fsp3) is 0.233. The second-order valence-corrected chi connectivity index (χ2v) is 9.84. The van der Waals surface area contributed by atoms with Crippen molar-refractivity contribution in [3.63, 3.8) is 0 Å². The molecule has 4 aromatic rings. The van der Waals surface area contributed by atoms with Crippen molar-refractivity contribution in [2.45, 2.75) is 31.7 Å². The van der Waals surface area contributed by atoms with Crippen molar-refractivity contribution in [2.24, 2.45) is 10.7 Å². The second-order valence-electron chi connectivity index (χ2n) is 9.84. The van der Waals surface area contributed by atoms with E-state index >= 15 is 4.39 Å². The van der Waals surface area contributed by atoms with E-state index < -0.39 is 11.9 Å². The lowest BCUT2D eigenvalue weighted by Crippen LogP contribution is -2.22. The van der Waals surface area contributed by atoms with E-state index in [1.165, 1.54) is 12.3 Å². The maximum atomic E-state index is 15.6. The summed E-state index contributed by atoms with van der Waals surface area (Å²) in [5.74, 6) is -0.790. The molecule has 0 saturated carbocycles. The van der Waals surface area contributed by atoms with Gasteiger partial charge in [0.15, 0.2) is 0 Å². The first kappa shape index (κ1) is 24.4. The molecule has 2 aliphatic heterocycles. The smallest absolute Gasteiger partial charge is 0.210 e. The topological polar surface area (TPSA) is 96.7 Å². The van der Waals surface area contributed by atoms with Crippen LogP contribution in [0.3, 0.4) is 0 Å². The summed E-state index contributed by atoms with van der Waals surface area (Å²) in [6, 6.07) is 19.5. The summed E-state index contributed by atoms with van der Waals surface area (Å²) in [5.41, 5.74) is 11.3. The van der Waals surface area contributed by atoms with Crippen LogP contribution in [0.1, 0.15) is 45.3 Å². The van der Waals surface area contributed by atoms with Crippen LogP contribution in [0.4, 0.5) is 4.39 Å². The number of aromatic nitrogens is 2. The van der Waals surface area contributed by atoms with Gasteiger partial charge < -0.3 is 10.8 Å². The van der Waals surface area contributed by atoms with Crippen molar-refractivity contribution in [3.8, 4) is 16.8 Å². The molecule has 0 radical (unpaired) electrons. The number of aliphatic hydroxyl groups is 1. The molecule has 7 nitrogen and oxygen atoms in total. The van der Waals surface area contributed by atoms with Crippen molar-refractivity contribution in [1.82, 2.24) is 14.5 Å². The van der Waals surface area contributed by atoms with Crippen LogP contribution in [0.25, 0.3) is 16.8 Å². The van der Waals surface area contributed by atoms with Crippen LogP contribution in [0.2, 0.25) is 0 Å². The number of hydrogen-bond donors (Lipinski definition) is 2. The molecule has 3 aromatic carbocycles. The average Bonchev–Trinajstić information content (AvgIpc) is 3.56. The predicted molar refractivity (Wildman–Crippen MR) is 144 cm³/mol. The average molecular weight is 510 g/mol. The fourth-order valence-electron chi connectivity index (χ4n) is 5.35. The first-order chi connectivity index (χ1) is 18.5. The molecule has 1 aromatic heterocycles. The van der Waals surface area contributed by atoms with Gasteiger partial charge in [0.05, 0.1) is 12.3 Å². The summed E-state index contributed by atoms with van der Waals surface area (Å²) in [7, 11) is 0. The van der Waals surface area contributed by atoms with Crippen LogP contribution in [-0.4, -0.2) is 50.7 Å². The van der Waals surface area contributed by atoms with E-state index in [0.29, 0.717) is 31.0 Å². The van der Waals surface area contributed by atoms with E-state index in [4.69, 9.17) is 5.73 Å². The van der Waals surface area contributed by atoms with Crippen molar-refractivity contribution in [1.29, 1.82) is 0 Å². The Morgan fingerprint density at radius 3 is 2.74 bits per heavy atom. The third-order valence-electron chi connectivity index (χ3n) is 7.31. The molecule has 6 rings (SSSR count). The number of aliphatic imine (C=N–C) groups is 1. The Morgan fingerprint density at radius 1 is 1.08 bits per heavy atom. The first-order valence-electron chi connectivity index (χ1n) is 12.7. The summed E-state index contributed by atoms with van der Waals surface area (Å²) in [6.45, 7) is 2.53. The van der Waals surface area contributed by atoms with Gasteiger partial charge in [-0.1, -0.05) is 48.5 Å². The predicted octanol–water partition coefficient (Wildman–Crippen LogP) is 4.06. The van der Waals surface area contributed by atoms with Gasteiger partial charge in [0.2, 0.25) is 5.78 Å². The maximum Gasteiger partial charge on any atom is 0.210 e. The standard InChI is InChI=1S/C30H28FN5O2/c31-26-13-20(24-7-2-1-5-21(24)16-35-11-10-23(37)17-35)8-9-25(26)28-30(38)29-27(15-33-28)34-18-36(29)22-6-3-4-19(12-22)14-32/h1-9,12-13,15,18,23,28,37H,10-11,14,16-17,32H2/t23-,28?/m0/s1. The molecule has 8 heteroatoms. The zero-order valence-electron chi connectivity index (χ0n) is 20.8. The van der Waals surface area contributed by atoms with Gasteiger partial charge in [-0.2, -0.15) is 0 Å². The lowest BCUT2D eigenvalue weighted by atomic mass is 9.93. The van der Waals surface area contributed by atoms with Crippen LogP contribution in [0.15, 0.2) is 78.0 Å². The third kappa shape index (κ3) is 4.47. The second kappa shape index (κ2) is 10.1. The third-order valence-corrected chi connectivity index (χ3v) is 7.31. The number of Topliss-reactive ketones (excluding diaryl/α,β-unsaturated/α-hetero) is 1. The highest BCUT2D eigenvalue weighted by molar-refractivity contribution is 6.08. The van der Waals surface area contributed by atoms with Crippen molar-refractivity contribution >= 4 is 12.0 Å². The Morgan fingerprint density at radius 2 is 1.95 bits per heavy atom. The summed E-state index contributed by atoms with van der Waals surface area (Å²) >= 11 is 0. The largest absolute Gasteiger partial charge is 0.392 e. The lowest BCUT2D eigenvalue weighted by Gasteiger charge is -2.20. The number of benzene rings is 3. The summed E-state index contributed by atoms with van der Waals surface area (Å²) in [6.07, 6.45) is 3.59. The normalized spacial score (nSPS) is 19.2. The van der Waals surface area contributed by atoms with Gasteiger partial charge in [-0.05, 0) is 46.9 Å². The lowest BCUT2D eigenvalue weighted by molar-refractivity contribution is 0.0952. The van der Waals surface area contributed by atoms with Crippen LogP contribution in [0.5, 0.6) is 0 Å². The Labute approximate surface area is 220 Å². The van der Waals surface area contributed by atoms with E-state index in [0.717, 1.165) is 40.9 Å². The Bertz CT molecular complexity index is 1550. The fourth-order valence-corrected chi connectivity index (χ4v) is 5.35. The van der Waals surface area contributed by atoms with Crippen molar-refractivity contribution < 1.29 is 14.3 Å². The van der Waals surface area contributed by atoms with Crippen LogP contribution in [0, 0.1) is 5.82 Å². The number of rotatable bonds is 6. The monoisotopic (exact) mass is 509 g/mol. The first-order valence-corrected chi connectivity index (χ1v) is 12.7. The zero-order valence-corrected chi connectivity index (χ0v) is 20.8. The van der Waals surface area contributed by atoms with Gasteiger partial charge >= 0.3 is 0 Å². The number of β-amino-alcohol motifs (C(OH)–C–C–N with tert-alkyl or cyclic N) is 1. The van der Waals surface area contributed by atoms with Gasteiger partial charge in [0.25, 0.3) is 0 Å². The van der Waals surface area contributed by atoms with E-state index in [1.54, 1.807) is 17.0 Å². The number of carbonyl (C=O) groups excluding carboxylic acids is 1. The maximum absolute atomic E-state index is 15.6. The van der Waals surface area contributed by atoms with Gasteiger partial charge in [0, 0.05) is 37.4 Å². The molecule has 0 spiro atoms. The number of hydrogen-bond acceptors (Lipinski definition) is 6. The number of ketones is 1. The Kier molecular flexibility index (Phi) is 6.45. The van der Waals surface area contributed by atoms with Crippen molar-refractivity contribution in [3.05, 3.63) is 107 Å². The minimum Gasteiger partial charge on any atom is -0.392 e. The summed E-state index contributed by atoms with van der Waals surface area (Å²) in [4.78, 5) is 24.5. The minimum absolute atomic E-state index is 0.226. The van der Waals surface area contributed by atoms with Gasteiger partial charge in [-0.25, -0.2) is 9.37 Å². The quantitative estimate of drug-likeness (QED) is 0.409. The Hall–Kier alpha value is -3.98. The highest BCUT2D eigenvalue weighted by Gasteiger charge is 2.32. The van der Waals surface area contributed by atoms with Crippen LogP contribution in [-0.2, 0) is 13.1 Å². The summed E-state index contributed by atoms with van der Waals surface area (Å²) in [5, 5.41) is 9.89. The van der Waals surface area contributed by atoms with Crippen LogP contribution >= 0.6 is 0 Å². The molecule has 0 bridgehead atoms. The molecule has 0 aliphatic carbocycles. The molecule has 0 amide bonds. The number of nitrogens with zero attached hydrogens (tertiary/aromatic N) is 4. The highest BCUT2D eigenvalue weighted by Crippen LogP contribution is 2.33. The highest BCUT2D eigenvalue weighted by atomic mass is 19.1. The zero-order chi connectivity index (χ0) is 26.2. The van der Waals surface area contributed by atoms with Crippen LogP contribution < -0.4 is 5.73 Å². The van der Waals surface area contributed by atoms with Gasteiger partial charge in [-0.15, -0.1) is 0 Å². The van der Waals surface area contributed by atoms with Gasteiger partial charge in [0.1, 0.15) is 29.6 Å². The molecule has 2 aliphatic rings. The number of nitrogens with two attached hydrogens (primary N) is 1. The van der Waals surface area contributed by atoms with Gasteiger partial charge in [-0.3, -0.25) is 19.3 Å². The number of aliphatic hydroxyl groups excluding tert-OH is 1. The molecule has 1 unspecified atom stereocenters. The molecule has 1 saturated heterocycles. The molecular formula is C30H28FN5O2. The van der Waals surface area contributed by atoms with Crippen molar-refractivity contribution in [2.75, 3.05) is 13.1 Å². The SMILES string of the molecule is NCc1cccc(-n2cnc3c2C(=O)C(c2ccc(-c4ccccc4CN4CC[C@H](O)C4)cc2F)N=C3)c1. The number of fused-ring (bicyclic) bond motifs is 1. The minimum atomic E-state index is -0.994. The van der Waals surface area contributed by atoms with E-state index in [1.807, 2.05) is 54.6 Å². The van der Waals surface area contributed by atoms with E-state index in [-0.39, 0.29) is 17.5 Å².